The van der Waals surface area contributed by atoms with Crippen molar-refractivity contribution in [1.29, 1.82) is 0 Å². The van der Waals surface area contributed by atoms with Gasteiger partial charge in [0, 0.05) is 46.3 Å². The molecule has 0 aromatic rings. The number of nitrogens with zero attached hydrogens (tertiary/aromatic N) is 1. The van der Waals surface area contributed by atoms with Gasteiger partial charge in [0.05, 0.1) is 0 Å². The van der Waals surface area contributed by atoms with Crippen LogP contribution in [0.2, 0.25) is 0 Å². The first-order valence-corrected chi connectivity index (χ1v) is 6.11. The van der Waals surface area contributed by atoms with E-state index in [1.807, 2.05) is 4.90 Å². The van der Waals surface area contributed by atoms with E-state index < -0.39 is 0 Å². The molecule has 0 bridgehead atoms. The lowest BCUT2D eigenvalue weighted by atomic mass is 10.0. The maximum absolute atomic E-state index is 11.1. The number of piperidine rings is 1. The topological polar surface area (TPSA) is 41.6 Å². The van der Waals surface area contributed by atoms with Gasteiger partial charge in [0.15, 0.2) is 0 Å². The molecule has 0 aromatic heterocycles. The van der Waals surface area contributed by atoms with Crippen LogP contribution >= 0.6 is 0 Å². The molecule has 0 aliphatic carbocycles. The van der Waals surface area contributed by atoms with E-state index in [2.05, 4.69) is 12.2 Å². The minimum atomic E-state index is 0.200. The largest absolute Gasteiger partial charge is 0.384 e. The summed E-state index contributed by atoms with van der Waals surface area (Å²) in [6.07, 6.45) is 2.14. The van der Waals surface area contributed by atoms with E-state index in [0.717, 1.165) is 39.1 Å². The van der Waals surface area contributed by atoms with Crippen LogP contribution in [0.3, 0.4) is 0 Å². The number of likely N-dealkylation sites (tertiary alicyclic amines) is 1. The number of hydrogen-bond acceptors (Lipinski definition) is 3. The molecule has 0 spiro atoms. The Morgan fingerprint density at radius 3 is 2.62 bits per heavy atom. The summed E-state index contributed by atoms with van der Waals surface area (Å²) in [5.41, 5.74) is 0. The molecule has 1 heterocycles. The highest BCUT2D eigenvalue weighted by molar-refractivity contribution is 5.73. The second-order valence-corrected chi connectivity index (χ2v) is 4.75. The van der Waals surface area contributed by atoms with Crippen LogP contribution in [0.4, 0.5) is 0 Å². The molecule has 1 saturated heterocycles. The Bertz CT molecular complexity index is 213. The van der Waals surface area contributed by atoms with Crippen molar-refractivity contribution in [3.63, 3.8) is 0 Å². The molecule has 1 amide bonds. The average molecular weight is 228 g/mol. The summed E-state index contributed by atoms with van der Waals surface area (Å²) in [5, 5.41) is 3.55. The quantitative estimate of drug-likeness (QED) is 0.759. The van der Waals surface area contributed by atoms with E-state index in [0.29, 0.717) is 12.0 Å². The van der Waals surface area contributed by atoms with Crippen LogP contribution in [0.5, 0.6) is 0 Å². The molecule has 1 fully saturated rings. The Morgan fingerprint density at radius 2 is 2.12 bits per heavy atom. The van der Waals surface area contributed by atoms with E-state index in [4.69, 9.17) is 4.74 Å². The molecule has 1 rings (SSSR count). The fourth-order valence-corrected chi connectivity index (χ4v) is 2.11. The second kappa shape index (κ2) is 6.86. The highest BCUT2D eigenvalue weighted by atomic mass is 16.5. The maximum atomic E-state index is 11.1. The normalized spacial score (nSPS) is 19.8. The van der Waals surface area contributed by atoms with Crippen molar-refractivity contribution in [3.8, 4) is 0 Å². The third-order valence-electron chi connectivity index (χ3n) is 3.15. The standard InChI is InChI=1S/C12H24N2O2/c1-10(9-16-3)8-13-12-4-6-14(7-5-12)11(2)15/h10,12-13H,4-9H2,1-3H3. The molecular weight excluding hydrogens is 204 g/mol. The van der Waals surface area contributed by atoms with Gasteiger partial charge in [0.2, 0.25) is 5.91 Å². The first kappa shape index (κ1) is 13.5. The number of nitrogens with one attached hydrogen (secondary N) is 1. The van der Waals surface area contributed by atoms with Crippen molar-refractivity contribution in [3.05, 3.63) is 0 Å². The smallest absolute Gasteiger partial charge is 0.219 e. The molecule has 16 heavy (non-hydrogen) atoms. The molecule has 4 heteroatoms. The third kappa shape index (κ3) is 4.49. The summed E-state index contributed by atoms with van der Waals surface area (Å²) < 4.78 is 5.10. The predicted molar refractivity (Wildman–Crippen MR) is 64.3 cm³/mol. The van der Waals surface area contributed by atoms with Crippen LogP contribution in [0.25, 0.3) is 0 Å². The third-order valence-corrected chi connectivity index (χ3v) is 3.15. The van der Waals surface area contributed by atoms with Gasteiger partial charge in [-0.25, -0.2) is 0 Å². The Balaban J connectivity index is 2.14. The summed E-state index contributed by atoms with van der Waals surface area (Å²) in [7, 11) is 1.74. The summed E-state index contributed by atoms with van der Waals surface area (Å²) in [5.74, 6) is 0.752. The van der Waals surface area contributed by atoms with E-state index in [1.54, 1.807) is 14.0 Å². The van der Waals surface area contributed by atoms with E-state index in [1.165, 1.54) is 0 Å². The van der Waals surface area contributed by atoms with Crippen LogP contribution in [0.1, 0.15) is 26.7 Å². The van der Waals surface area contributed by atoms with Crippen LogP contribution < -0.4 is 5.32 Å². The van der Waals surface area contributed by atoms with Crippen molar-refractivity contribution in [2.24, 2.45) is 5.92 Å². The number of methoxy groups -OCH3 is 1. The van der Waals surface area contributed by atoms with E-state index in [9.17, 15) is 4.79 Å². The molecule has 0 radical (unpaired) electrons. The summed E-state index contributed by atoms with van der Waals surface area (Å²) in [4.78, 5) is 13.1. The molecule has 94 valence electrons. The molecule has 1 aliphatic rings. The minimum Gasteiger partial charge on any atom is -0.384 e. The highest BCUT2D eigenvalue weighted by Crippen LogP contribution is 2.10. The number of hydrogen-bond donors (Lipinski definition) is 1. The zero-order chi connectivity index (χ0) is 12.0. The van der Waals surface area contributed by atoms with Crippen LogP contribution in [0, 0.1) is 5.92 Å². The number of carbonyl (C=O) groups is 1. The maximum Gasteiger partial charge on any atom is 0.219 e. The van der Waals surface area contributed by atoms with Crippen molar-refractivity contribution >= 4 is 5.91 Å². The zero-order valence-corrected chi connectivity index (χ0v) is 10.7. The lowest BCUT2D eigenvalue weighted by molar-refractivity contribution is -0.129. The van der Waals surface area contributed by atoms with Gasteiger partial charge in [0.25, 0.3) is 0 Å². The lowest BCUT2D eigenvalue weighted by Crippen LogP contribution is -2.45. The number of amides is 1. The predicted octanol–water partition coefficient (Wildman–Crippen LogP) is 0.869. The second-order valence-electron chi connectivity index (χ2n) is 4.75. The molecule has 1 N–H and O–H groups in total. The van der Waals surface area contributed by atoms with Gasteiger partial charge in [-0.2, -0.15) is 0 Å². The Morgan fingerprint density at radius 1 is 1.50 bits per heavy atom. The van der Waals surface area contributed by atoms with Gasteiger partial charge in [-0.3, -0.25) is 4.79 Å². The van der Waals surface area contributed by atoms with Crippen LogP contribution in [-0.2, 0) is 9.53 Å². The van der Waals surface area contributed by atoms with Crippen LogP contribution in [-0.4, -0.2) is 50.2 Å². The molecule has 1 atom stereocenters. The van der Waals surface area contributed by atoms with E-state index in [-0.39, 0.29) is 5.91 Å². The van der Waals surface area contributed by atoms with E-state index >= 15 is 0 Å². The fraction of sp³-hybridized carbons (Fsp3) is 0.917. The molecule has 1 unspecified atom stereocenters. The van der Waals surface area contributed by atoms with Gasteiger partial charge in [-0.05, 0) is 18.8 Å². The summed E-state index contributed by atoms with van der Waals surface area (Å²) in [6, 6.07) is 0.565. The number of ether oxygens (including phenoxy) is 1. The van der Waals surface area contributed by atoms with Crippen LogP contribution in [0.15, 0.2) is 0 Å². The number of carbonyl (C=O) groups excluding carboxylic acids is 1. The van der Waals surface area contributed by atoms with Crippen molar-refractivity contribution in [2.75, 3.05) is 33.4 Å². The number of rotatable bonds is 5. The summed E-state index contributed by atoms with van der Waals surface area (Å²) in [6.45, 7) is 7.42. The van der Waals surface area contributed by atoms with Gasteiger partial charge in [-0.1, -0.05) is 6.92 Å². The minimum absolute atomic E-state index is 0.200. The monoisotopic (exact) mass is 228 g/mol. The first-order valence-electron chi connectivity index (χ1n) is 6.11. The first-order chi connectivity index (χ1) is 7.63. The Hall–Kier alpha value is -0.610. The van der Waals surface area contributed by atoms with Gasteiger partial charge < -0.3 is 15.0 Å². The fourth-order valence-electron chi connectivity index (χ4n) is 2.11. The zero-order valence-electron chi connectivity index (χ0n) is 10.7. The molecule has 0 aromatic carbocycles. The molecule has 4 nitrogen and oxygen atoms in total. The van der Waals surface area contributed by atoms with Crippen molar-refractivity contribution in [2.45, 2.75) is 32.7 Å². The van der Waals surface area contributed by atoms with Gasteiger partial charge in [-0.15, -0.1) is 0 Å². The SMILES string of the molecule is COCC(C)CNC1CCN(C(C)=O)CC1. The molecule has 1 aliphatic heterocycles. The van der Waals surface area contributed by atoms with Crippen molar-refractivity contribution < 1.29 is 9.53 Å². The van der Waals surface area contributed by atoms with Crippen molar-refractivity contribution in [1.82, 2.24) is 10.2 Å². The molecular formula is C12H24N2O2. The average Bonchev–Trinajstić information content (AvgIpc) is 2.27. The van der Waals surface area contributed by atoms with Gasteiger partial charge >= 0.3 is 0 Å². The Labute approximate surface area is 98.3 Å². The molecule has 0 saturated carbocycles. The Kier molecular flexibility index (Phi) is 5.77. The highest BCUT2D eigenvalue weighted by Gasteiger charge is 2.20. The van der Waals surface area contributed by atoms with Gasteiger partial charge in [0.1, 0.15) is 0 Å². The lowest BCUT2D eigenvalue weighted by Gasteiger charge is -2.32. The summed E-state index contributed by atoms with van der Waals surface area (Å²) >= 11 is 0.